The standard InChI is InChI=1S/C9H14N2O2S/c1-2-11(7-3-4-13-5-7)9-10-8(12)6-14-9/h6-7,12H,2-5H2,1H3. The van der Waals surface area contributed by atoms with Gasteiger partial charge in [-0.05, 0) is 13.3 Å². The Balaban J connectivity index is 2.12. The van der Waals surface area contributed by atoms with Gasteiger partial charge >= 0.3 is 0 Å². The van der Waals surface area contributed by atoms with Crippen molar-refractivity contribution in [1.29, 1.82) is 0 Å². The van der Waals surface area contributed by atoms with Gasteiger partial charge in [0, 0.05) is 13.2 Å². The first-order valence-corrected chi connectivity index (χ1v) is 5.68. The molecule has 14 heavy (non-hydrogen) atoms. The van der Waals surface area contributed by atoms with E-state index in [2.05, 4.69) is 16.8 Å². The van der Waals surface area contributed by atoms with Gasteiger partial charge in [-0.25, -0.2) is 0 Å². The quantitative estimate of drug-likeness (QED) is 0.827. The van der Waals surface area contributed by atoms with Crippen LogP contribution in [0.5, 0.6) is 5.88 Å². The fourth-order valence-electron chi connectivity index (χ4n) is 1.71. The molecule has 78 valence electrons. The molecule has 1 aliphatic heterocycles. The van der Waals surface area contributed by atoms with Crippen molar-refractivity contribution in [2.24, 2.45) is 0 Å². The molecule has 0 radical (unpaired) electrons. The number of likely N-dealkylation sites (N-methyl/N-ethyl adjacent to an activating group) is 1. The smallest absolute Gasteiger partial charge is 0.223 e. The molecule has 0 bridgehead atoms. The summed E-state index contributed by atoms with van der Waals surface area (Å²) in [6.07, 6.45) is 1.05. The summed E-state index contributed by atoms with van der Waals surface area (Å²) >= 11 is 1.48. The number of anilines is 1. The van der Waals surface area contributed by atoms with E-state index in [1.165, 1.54) is 11.3 Å². The molecule has 1 aliphatic rings. The van der Waals surface area contributed by atoms with Gasteiger partial charge < -0.3 is 14.7 Å². The highest BCUT2D eigenvalue weighted by Crippen LogP contribution is 2.27. The number of ether oxygens (including phenoxy) is 1. The molecule has 1 aromatic rings. The minimum absolute atomic E-state index is 0.113. The predicted octanol–water partition coefficient (Wildman–Crippen LogP) is 1.46. The van der Waals surface area contributed by atoms with E-state index in [1.54, 1.807) is 5.38 Å². The summed E-state index contributed by atoms with van der Waals surface area (Å²) in [5, 5.41) is 11.7. The average molecular weight is 214 g/mol. The van der Waals surface area contributed by atoms with Gasteiger partial charge in [-0.2, -0.15) is 4.98 Å². The van der Waals surface area contributed by atoms with E-state index in [0.717, 1.165) is 31.3 Å². The second-order valence-electron chi connectivity index (χ2n) is 3.29. The Morgan fingerprint density at radius 3 is 3.14 bits per heavy atom. The van der Waals surface area contributed by atoms with E-state index in [9.17, 15) is 5.11 Å². The van der Waals surface area contributed by atoms with E-state index in [-0.39, 0.29) is 5.88 Å². The molecule has 4 nitrogen and oxygen atoms in total. The van der Waals surface area contributed by atoms with Crippen LogP contribution in [0.1, 0.15) is 13.3 Å². The number of nitrogens with zero attached hydrogens (tertiary/aromatic N) is 2. The number of aromatic hydroxyl groups is 1. The van der Waals surface area contributed by atoms with Crippen molar-refractivity contribution >= 4 is 16.5 Å². The van der Waals surface area contributed by atoms with Gasteiger partial charge in [-0.1, -0.05) is 0 Å². The number of aromatic nitrogens is 1. The Labute approximate surface area is 87.1 Å². The molecule has 2 heterocycles. The molecule has 0 aliphatic carbocycles. The van der Waals surface area contributed by atoms with Gasteiger partial charge in [0.1, 0.15) is 0 Å². The molecule has 0 aromatic carbocycles. The van der Waals surface area contributed by atoms with Crippen molar-refractivity contribution in [3.05, 3.63) is 5.38 Å². The minimum Gasteiger partial charge on any atom is -0.493 e. The average Bonchev–Trinajstić information content (AvgIpc) is 2.79. The summed E-state index contributed by atoms with van der Waals surface area (Å²) in [6.45, 7) is 4.60. The van der Waals surface area contributed by atoms with Gasteiger partial charge in [0.15, 0.2) is 5.13 Å². The van der Waals surface area contributed by atoms with Crippen LogP contribution in [-0.2, 0) is 4.74 Å². The van der Waals surface area contributed by atoms with E-state index in [1.807, 2.05) is 0 Å². The normalized spacial score (nSPS) is 21.4. The topological polar surface area (TPSA) is 45.6 Å². The summed E-state index contributed by atoms with van der Waals surface area (Å²) in [6, 6.07) is 0.422. The van der Waals surface area contributed by atoms with E-state index in [0.29, 0.717) is 6.04 Å². The Kier molecular flexibility index (Phi) is 2.88. The molecule has 1 aromatic heterocycles. The van der Waals surface area contributed by atoms with Crippen LogP contribution in [0, 0.1) is 0 Å². The van der Waals surface area contributed by atoms with Crippen molar-refractivity contribution in [1.82, 2.24) is 4.98 Å². The van der Waals surface area contributed by atoms with Gasteiger partial charge in [0.25, 0.3) is 0 Å². The molecule has 2 rings (SSSR count). The zero-order valence-corrected chi connectivity index (χ0v) is 8.96. The number of hydrogen-bond acceptors (Lipinski definition) is 5. The lowest BCUT2D eigenvalue weighted by atomic mass is 10.2. The largest absolute Gasteiger partial charge is 0.493 e. The van der Waals surface area contributed by atoms with Crippen LogP contribution in [0.15, 0.2) is 5.38 Å². The number of thiazole rings is 1. The van der Waals surface area contributed by atoms with Crippen LogP contribution >= 0.6 is 11.3 Å². The van der Waals surface area contributed by atoms with Gasteiger partial charge in [-0.15, -0.1) is 11.3 Å². The van der Waals surface area contributed by atoms with Crippen LogP contribution in [0.2, 0.25) is 0 Å². The van der Waals surface area contributed by atoms with Crippen LogP contribution in [0.3, 0.4) is 0 Å². The van der Waals surface area contributed by atoms with Gasteiger partial charge in [-0.3, -0.25) is 0 Å². The van der Waals surface area contributed by atoms with Gasteiger partial charge in [0.2, 0.25) is 5.88 Å². The van der Waals surface area contributed by atoms with E-state index < -0.39 is 0 Å². The molecule has 0 saturated carbocycles. The summed E-state index contributed by atoms with van der Waals surface area (Å²) in [7, 11) is 0. The van der Waals surface area contributed by atoms with Crippen LogP contribution in [0.25, 0.3) is 0 Å². The zero-order valence-electron chi connectivity index (χ0n) is 8.14. The second kappa shape index (κ2) is 4.14. The molecule has 1 unspecified atom stereocenters. The fraction of sp³-hybridized carbons (Fsp3) is 0.667. The van der Waals surface area contributed by atoms with Crippen molar-refractivity contribution in [2.45, 2.75) is 19.4 Å². The predicted molar refractivity (Wildman–Crippen MR) is 56.0 cm³/mol. The van der Waals surface area contributed by atoms with Crippen LogP contribution in [0.4, 0.5) is 5.13 Å². The maximum absolute atomic E-state index is 9.18. The van der Waals surface area contributed by atoms with Gasteiger partial charge in [0.05, 0.1) is 18.0 Å². The molecular weight excluding hydrogens is 200 g/mol. The Bertz CT molecular complexity index is 297. The summed E-state index contributed by atoms with van der Waals surface area (Å²) in [5.74, 6) is 0.113. The molecule has 1 saturated heterocycles. The zero-order chi connectivity index (χ0) is 9.97. The van der Waals surface area contributed by atoms with Crippen molar-refractivity contribution in [3.8, 4) is 5.88 Å². The third-order valence-electron chi connectivity index (χ3n) is 2.41. The molecular formula is C9H14N2O2S. The Morgan fingerprint density at radius 1 is 1.79 bits per heavy atom. The lowest BCUT2D eigenvalue weighted by Crippen LogP contribution is -2.35. The molecule has 1 fully saturated rings. The first kappa shape index (κ1) is 9.73. The summed E-state index contributed by atoms with van der Waals surface area (Å²) < 4.78 is 5.34. The maximum Gasteiger partial charge on any atom is 0.223 e. The van der Waals surface area contributed by atoms with Crippen molar-refractivity contribution in [2.75, 3.05) is 24.7 Å². The highest BCUT2D eigenvalue weighted by atomic mass is 32.1. The third kappa shape index (κ3) is 1.83. The van der Waals surface area contributed by atoms with E-state index in [4.69, 9.17) is 4.74 Å². The highest BCUT2D eigenvalue weighted by molar-refractivity contribution is 7.13. The SMILES string of the molecule is CCN(c1nc(O)cs1)C1CCOC1. The molecule has 5 heteroatoms. The van der Waals surface area contributed by atoms with E-state index >= 15 is 0 Å². The van der Waals surface area contributed by atoms with Crippen LogP contribution < -0.4 is 4.90 Å². The fourth-order valence-corrected chi connectivity index (χ4v) is 2.53. The first-order chi connectivity index (χ1) is 6.81. The molecule has 0 spiro atoms. The van der Waals surface area contributed by atoms with Crippen molar-refractivity contribution < 1.29 is 9.84 Å². The molecule has 0 amide bonds. The maximum atomic E-state index is 9.18. The highest BCUT2D eigenvalue weighted by Gasteiger charge is 2.24. The Morgan fingerprint density at radius 2 is 2.64 bits per heavy atom. The monoisotopic (exact) mass is 214 g/mol. The first-order valence-electron chi connectivity index (χ1n) is 4.80. The Hall–Kier alpha value is -0.810. The lowest BCUT2D eigenvalue weighted by molar-refractivity contribution is 0.193. The minimum atomic E-state index is 0.113. The second-order valence-corrected chi connectivity index (χ2v) is 4.13. The van der Waals surface area contributed by atoms with Crippen LogP contribution in [-0.4, -0.2) is 35.9 Å². The molecule has 1 N–H and O–H groups in total. The molecule has 1 atom stereocenters. The van der Waals surface area contributed by atoms with Crippen molar-refractivity contribution in [3.63, 3.8) is 0 Å². The number of rotatable bonds is 3. The number of hydrogen-bond donors (Lipinski definition) is 1. The third-order valence-corrected chi connectivity index (χ3v) is 3.28. The lowest BCUT2D eigenvalue weighted by Gasteiger charge is -2.25. The summed E-state index contributed by atoms with van der Waals surface area (Å²) in [4.78, 5) is 6.26. The summed E-state index contributed by atoms with van der Waals surface area (Å²) in [5.41, 5.74) is 0.